The Morgan fingerprint density at radius 3 is 1.94 bits per heavy atom. The number of sulfonamides is 1. The Morgan fingerprint density at radius 1 is 0.792 bits per heavy atom. The molecule has 1 aromatic heterocycles. The Hall–Kier alpha value is -5.89. The molecule has 0 aliphatic rings. The Morgan fingerprint density at radius 2 is 1.38 bits per heavy atom. The molecule has 6 aromatic rings. The van der Waals surface area contributed by atoms with Gasteiger partial charge in [-0.15, -0.1) is 0 Å². The Bertz CT molecular complexity index is 2300. The first kappa shape index (κ1) is 36.9. The topological polar surface area (TPSA) is 152 Å². The van der Waals surface area contributed by atoms with E-state index in [1.165, 1.54) is 16.6 Å². The molecule has 0 aliphatic heterocycles. The average molecular weight is 754 g/mol. The molecule has 12 nitrogen and oxygen atoms in total. The number of anilines is 2. The van der Waals surface area contributed by atoms with Gasteiger partial charge in [-0.3, -0.25) is 14.8 Å². The van der Waals surface area contributed by atoms with Crippen LogP contribution in [0.1, 0.15) is 22.3 Å². The third kappa shape index (κ3) is 8.95. The number of aromatic nitrogens is 2. The number of benzene rings is 5. The van der Waals surface area contributed by atoms with Gasteiger partial charge in [-0.05, 0) is 76.9 Å². The van der Waals surface area contributed by atoms with Crippen molar-refractivity contribution in [2.45, 2.75) is 31.0 Å². The van der Waals surface area contributed by atoms with Crippen LogP contribution >= 0.6 is 11.6 Å². The van der Waals surface area contributed by atoms with Crippen LogP contribution in [0.25, 0.3) is 10.9 Å². The smallest absolute Gasteiger partial charge is 0.409 e. The Kier molecular flexibility index (Phi) is 11.3. The summed E-state index contributed by atoms with van der Waals surface area (Å²) < 4.78 is 43.5. The van der Waals surface area contributed by atoms with Crippen LogP contribution in [-0.2, 0) is 40.9 Å². The van der Waals surface area contributed by atoms with Crippen molar-refractivity contribution in [3.8, 4) is 11.5 Å². The number of hydrogen-bond donors (Lipinski definition) is 3. The molecule has 0 unspecified atom stereocenters. The van der Waals surface area contributed by atoms with Crippen molar-refractivity contribution in [2.75, 3.05) is 24.9 Å². The molecule has 2 amide bonds. The van der Waals surface area contributed by atoms with E-state index in [2.05, 4.69) is 15.7 Å². The first-order valence-corrected chi connectivity index (χ1v) is 18.2. The van der Waals surface area contributed by atoms with Crippen molar-refractivity contribution in [3.05, 3.63) is 143 Å². The van der Waals surface area contributed by atoms with Crippen molar-refractivity contribution < 1.29 is 32.6 Å². The standard InChI is InChI=1S/C39H36ClN5O7S/c1-51-32-15-9-26(10-16-32)23-44(24-27-11-17-33(52-2)18-12-27)53(49,50)37-21-31(42-38(46)19-29-5-3-4-6-35(29)40)20-36-34(37)22-41-45(36)25-28-7-13-30(14-8-28)43-39(47)48/h3-18,20-22,43H,19,23-25H2,1-2H3,(H,42,46)(H,47,48). The summed E-state index contributed by atoms with van der Waals surface area (Å²) in [5.41, 5.74) is 3.99. The lowest BCUT2D eigenvalue weighted by atomic mass is 10.1. The van der Waals surface area contributed by atoms with E-state index in [0.717, 1.165) is 16.7 Å². The quantitative estimate of drug-likeness (QED) is 0.104. The van der Waals surface area contributed by atoms with Crippen LogP contribution in [0.3, 0.4) is 0 Å². The van der Waals surface area contributed by atoms with Gasteiger partial charge in [0.2, 0.25) is 15.9 Å². The maximum Gasteiger partial charge on any atom is 0.409 e. The first-order chi connectivity index (χ1) is 25.5. The highest BCUT2D eigenvalue weighted by Crippen LogP contribution is 2.33. The molecule has 0 atom stereocenters. The molecule has 5 aromatic carbocycles. The summed E-state index contributed by atoms with van der Waals surface area (Å²) in [6, 6.07) is 31.2. The highest BCUT2D eigenvalue weighted by molar-refractivity contribution is 7.89. The van der Waals surface area contributed by atoms with E-state index in [0.29, 0.717) is 38.7 Å². The third-order valence-corrected chi connectivity index (χ3v) is 10.7. The molecule has 14 heteroatoms. The summed E-state index contributed by atoms with van der Waals surface area (Å²) in [5, 5.41) is 19.6. The van der Waals surface area contributed by atoms with Crippen molar-refractivity contribution in [1.82, 2.24) is 14.1 Å². The number of amides is 2. The minimum atomic E-state index is -4.27. The molecular weight excluding hydrogens is 718 g/mol. The number of fused-ring (bicyclic) bond motifs is 1. The Balaban J connectivity index is 1.42. The van der Waals surface area contributed by atoms with Crippen molar-refractivity contribution in [2.24, 2.45) is 0 Å². The molecule has 0 aliphatic carbocycles. The molecule has 272 valence electrons. The van der Waals surface area contributed by atoms with Crippen molar-refractivity contribution in [3.63, 3.8) is 0 Å². The van der Waals surface area contributed by atoms with Crippen molar-refractivity contribution in [1.29, 1.82) is 0 Å². The second kappa shape index (κ2) is 16.2. The zero-order valence-electron chi connectivity index (χ0n) is 28.8. The summed E-state index contributed by atoms with van der Waals surface area (Å²) in [5.74, 6) is 0.891. The maximum atomic E-state index is 14.9. The summed E-state index contributed by atoms with van der Waals surface area (Å²) in [7, 11) is -1.15. The summed E-state index contributed by atoms with van der Waals surface area (Å²) in [6.07, 6.45) is 0.287. The van der Waals surface area contributed by atoms with E-state index in [4.69, 9.17) is 26.2 Å². The summed E-state index contributed by atoms with van der Waals surface area (Å²) in [4.78, 5) is 24.4. The minimum Gasteiger partial charge on any atom is -0.497 e. The highest BCUT2D eigenvalue weighted by Gasteiger charge is 2.29. The Labute approximate surface area is 311 Å². The highest BCUT2D eigenvalue weighted by atomic mass is 35.5. The van der Waals surface area contributed by atoms with Crippen LogP contribution in [0.2, 0.25) is 5.02 Å². The fourth-order valence-electron chi connectivity index (χ4n) is 5.80. The van der Waals surface area contributed by atoms with E-state index >= 15 is 0 Å². The number of nitrogens with zero attached hydrogens (tertiary/aromatic N) is 3. The van der Waals surface area contributed by atoms with Gasteiger partial charge < -0.3 is 19.9 Å². The van der Waals surface area contributed by atoms with Crippen LogP contribution in [0.15, 0.2) is 120 Å². The number of carbonyl (C=O) groups is 2. The van der Waals surface area contributed by atoms with Gasteiger partial charge in [0.15, 0.2) is 0 Å². The van der Waals surface area contributed by atoms with Gasteiger partial charge in [0, 0.05) is 34.9 Å². The van der Waals surface area contributed by atoms with Crippen LogP contribution < -0.4 is 20.1 Å². The fourth-order valence-corrected chi connectivity index (χ4v) is 7.63. The fraction of sp³-hybridized carbons (Fsp3) is 0.154. The number of hydrogen-bond acceptors (Lipinski definition) is 7. The van der Waals surface area contributed by atoms with Gasteiger partial charge >= 0.3 is 6.09 Å². The van der Waals surface area contributed by atoms with Crippen LogP contribution in [-0.4, -0.2) is 53.8 Å². The van der Waals surface area contributed by atoms with Crippen LogP contribution in [0, 0.1) is 0 Å². The van der Waals surface area contributed by atoms with E-state index < -0.39 is 16.1 Å². The number of halogens is 1. The number of rotatable bonds is 14. The molecule has 3 N–H and O–H groups in total. The largest absolute Gasteiger partial charge is 0.497 e. The summed E-state index contributed by atoms with van der Waals surface area (Å²) >= 11 is 6.33. The van der Waals surface area contributed by atoms with E-state index in [9.17, 15) is 18.0 Å². The van der Waals surface area contributed by atoms with Gasteiger partial charge in [0.25, 0.3) is 0 Å². The SMILES string of the molecule is COc1ccc(CN(Cc2ccc(OC)cc2)S(=O)(=O)c2cc(NC(=O)Cc3ccccc3Cl)cc3c2cnn3Cc2ccc(NC(=O)O)cc2)cc1. The second-order valence-corrected chi connectivity index (χ2v) is 14.4. The molecule has 0 bridgehead atoms. The van der Waals surface area contributed by atoms with E-state index in [-0.39, 0.29) is 42.5 Å². The number of carbonyl (C=O) groups excluding carboxylic acids is 1. The van der Waals surface area contributed by atoms with Crippen LogP contribution in [0.5, 0.6) is 11.5 Å². The molecule has 0 radical (unpaired) electrons. The van der Waals surface area contributed by atoms with Gasteiger partial charge in [-0.25, -0.2) is 13.2 Å². The van der Waals surface area contributed by atoms with Gasteiger partial charge in [0.05, 0.1) is 43.8 Å². The molecule has 1 heterocycles. The zero-order chi connectivity index (χ0) is 37.5. The lowest BCUT2D eigenvalue weighted by molar-refractivity contribution is -0.115. The predicted molar refractivity (Wildman–Crippen MR) is 203 cm³/mol. The van der Waals surface area contributed by atoms with Gasteiger partial charge in [0.1, 0.15) is 11.5 Å². The number of nitrogens with one attached hydrogen (secondary N) is 2. The average Bonchev–Trinajstić information content (AvgIpc) is 3.55. The predicted octanol–water partition coefficient (Wildman–Crippen LogP) is 7.42. The first-order valence-electron chi connectivity index (χ1n) is 16.4. The van der Waals surface area contributed by atoms with E-state index in [1.807, 2.05) is 24.3 Å². The zero-order valence-corrected chi connectivity index (χ0v) is 30.4. The lowest BCUT2D eigenvalue weighted by Crippen LogP contribution is -2.30. The van der Waals surface area contributed by atoms with Crippen LogP contribution in [0.4, 0.5) is 16.2 Å². The normalized spacial score (nSPS) is 11.4. The van der Waals surface area contributed by atoms with E-state index in [1.54, 1.807) is 97.8 Å². The molecular formula is C39H36ClN5O7S. The summed E-state index contributed by atoms with van der Waals surface area (Å²) in [6.45, 7) is 0.302. The minimum absolute atomic E-state index is 0.0309. The lowest BCUT2D eigenvalue weighted by Gasteiger charge is -2.24. The number of carboxylic acid groups (broad SMARTS) is 1. The third-order valence-electron chi connectivity index (χ3n) is 8.51. The molecule has 6 rings (SSSR count). The molecule has 0 spiro atoms. The number of ether oxygens (including phenoxy) is 2. The van der Waals surface area contributed by atoms with Crippen molar-refractivity contribution >= 4 is 55.9 Å². The van der Waals surface area contributed by atoms with Gasteiger partial charge in [-0.1, -0.05) is 66.2 Å². The second-order valence-electron chi connectivity index (χ2n) is 12.1. The maximum absolute atomic E-state index is 14.9. The molecule has 0 fully saturated rings. The molecule has 0 saturated heterocycles. The molecule has 53 heavy (non-hydrogen) atoms. The monoisotopic (exact) mass is 753 g/mol. The van der Waals surface area contributed by atoms with Gasteiger partial charge in [-0.2, -0.15) is 9.40 Å². The number of methoxy groups -OCH3 is 2. The molecule has 0 saturated carbocycles.